The van der Waals surface area contributed by atoms with Crippen LogP contribution < -0.4 is 11.1 Å². The number of aliphatic hydroxyl groups is 1. The molecule has 3 aromatic rings. The highest BCUT2D eigenvalue weighted by molar-refractivity contribution is 6.01. The number of nitrogens with one attached hydrogen (secondary N) is 1. The summed E-state index contributed by atoms with van der Waals surface area (Å²) in [4.78, 5) is 25.6. The second kappa shape index (κ2) is 10.7. The summed E-state index contributed by atoms with van der Waals surface area (Å²) in [6.07, 6.45) is -1.10. The Morgan fingerprint density at radius 1 is 0.906 bits per heavy atom. The van der Waals surface area contributed by atoms with Crippen molar-refractivity contribution in [3.05, 3.63) is 95.6 Å². The minimum absolute atomic E-state index is 0.137. The first-order chi connectivity index (χ1) is 15.4. The molecule has 1 amide bonds. The van der Waals surface area contributed by atoms with E-state index in [1.54, 1.807) is 44.2 Å². The second-order valence-electron chi connectivity index (χ2n) is 7.66. The summed E-state index contributed by atoms with van der Waals surface area (Å²) in [5, 5.41) is 12.2. The Hall–Kier alpha value is -3.48. The smallest absolute Gasteiger partial charge is 0.328 e. The van der Waals surface area contributed by atoms with Crippen LogP contribution in [0.2, 0.25) is 0 Å². The summed E-state index contributed by atoms with van der Waals surface area (Å²) in [6.45, 7) is 3.54. The van der Waals surface area contributed by atoms with Gasteiger partial charge in [0.2, 0.25) is 0 Å². The fraction of sp³-hybridized carbons (Fsp3) is 0.231. The number of benzene rings is 3. The molecular formula is C26H28N2O4. The van der Waals surface area contributed by atoms with Crippen LogP contribution in [-0.2, 0) is 9.53 Å². The average molecular weight is 433 g/mol. The maximum absolute atomic E-state index is 12.9. The molecule has 3 atom stereocenters. The van der Waals surface area contributed by atoms with E-state index in [9.17, 15) is 14.7 Å². The van der Waals surface area contributed by atoms with Crippen LogP contribution in [0.15, 0.2) is 78.9 Å². The molecule has 0 aliphatic carbocycles. The summed E-state index contributed by atoms with van der Waals surface area (Å²) >= 11 is 0. The molecular weight excluding hydrogens is 404 g/mol. The van der Waals surface area contributed by atoms with E-state index >= 15 is 0 Å². The Morgan fingerprint density at radius 3 is 2.19 bits per heavy atom. The summed E-state index contributed by atoms with van der Waals surface area (Å²) in [5.41, 5.74) is 9.51. The number of nitrogens with two attached hydrogens (primary N) is 1. The zero-order valence-electron chi connectivity index (χ0n) is 18.2. The number of hydrogen-bond donors (Lipinski definition) is 3. The van der Waals surface area contributed by atoms with Gasteiger partial charge in [-0.2, -0.15) is 0 Å². The van der Waals surface area contributed by atoms with Crippen molar-refractivity contribution in [1.29, 1.82) is 0 Å². The molecule has 6 heteroatoms. The first-order valence-corrected chi connectivity index (χ1v) is 10.5. The second-order valence-corrected chi connectivity index (χ2v) is 7.66. The Balaban J connectivity index is 1.88. The zero-order chi connectivity index (χ0) is 23.1. The predicted octanol–water partition coefficient (Wildman–Crippen LogP) is 3.77. The van der Waals surface area contributed by atoms with Gasteiger partial charge in [-0.3, -0.25) is 4.79 Å². The van der Waals surface area contributed by atoms with Crippen LogP contribution in [-0.4, -0.2) is 29.6 Å². The fourth-order valence-electron chi connectivity index (χ4n) is 3.43. The lowest BCUT2D eigenvalue weighted by atomic mass is 9.92. The number of carbonyl (C=O) groups is 2. The molecule has 0 saturated carbocycles. The molecule has 0 aromatic heterocycles. The molecule has 32 heavy (non-hydrogen) atoms. The van der Waals surface area contributed by atoms with Crippen LogP contribution in [0.3, 0.4) is 0 Å². The molecule has 0 heterocycles. The Bertz CT molecular complexity index is 1070. The largest absolute Gasteiger partial charge is 0.456 e. The standard InChI is InChI=1S/C26H28N2O4/c1-17(29)16-28-25(30)23-15-9-7-13-21(23)20-12-6-8-14-22(20)24(27)26(31)32-18(2)19-10-4-3-5-11-19/h3-15,17-18,24,29H,16,27H2,1-2H3,(H,28,30)/t17-,18+,24?/m1/s1. The minimum atomic E-state index is -1.02. The van der Waals surface area contributed by atoms with E-state index in [0.29, 0.717) is 22.3 Å². The summed E-state index contributed by atoms with van der Waals surface area (Å²) in [5.74, 6) is -0.866. The van der Waals surface area contributed by atoms with E-state index in [4.69, 9.17) is 10.5 Å². The number of ether oxygens (including phenoxy) is 1. The molecule has 1 unspecified atom stereocenters. The Kier molecular flexibility index (Phi) is 7.76. The van der Waals surface area contributed by atoms with Gasteiger partial charge in [0.1, 0.15) is 12.1 Å². The van der Waals surface area contributed by atoms with E-state index in [1.807, 2.05) is 48.5 Å². The maximum Gasteiger partial charge on any atom is 0.328 e. The third-order valence-corrected chi connectivity index (χ3v) is 5.13. The number of rotatable bonds is 8. The lowest BCUT2D eigenvalue weighted by molar-refractivity contribution is -0.150. The van der Waals surface area contributed by atoms with Crippen molar-refractivity contribution >= 4 is 11.9 Å². The SMILES string of the molecule is C[C@H](OC(=O)C(N)c1ccccc1-c1ccccc1C(=O)NC[C@@H](C)O)c1ccccc1. The number of esters is 1. The van der Waals surface area contributed by atoms with E-state index < -0.39 is 24.2 Å². The Labute approximate surface area is 188 Å². The maximum atomic E-state index is 12.9. The van der Waals surface area contributed by atoms with Gasteiger partial charge >= 0.3 is 5.97 Å². The lowest BCUT2D eigenvalue weighted by Gasteiger charge is -2.20. The van der Waals surface area contributed by atoms with Gasteiger partial charge in [0.15, 0.2) is 0 Å². The molecule has 0 fully saturated rings. The first kappa shape index (κ1) is 23.2. The van der Waals surface area contributed by atoms with Crippen LogP contribution in [0.25, 0.3) is 11.1 Å². The quantitative estimate of drug-likeness (QED) is 0.471. The molecule has 0 radical (unpaired) electrons. The van der Waals surface area contributed by atoms with E-state index in [2.05, 4.69) is 5.32 Å². The number of amides is 1. The van der Waals surface area contributed by atoms with Crippen molar-refractivity contribution in [3.8, 4) is 11.1 Å². The van der Waals surface area contributed by atoms with Gasteiger partial charge < -0.3 is 20.9 Å². The highest BCUT2D eigenvalue weighted by Gasteiger charge is 2.24. The number of hydrogen-bond acceptors (Lipinski definition) is 5. The molecule has 3 rings (SSSR count). The van der Waals surface area contributed by atoms with Gasteiger partial charge in [-0.15, -0.1) is 0 Å². The van der Waals surface area contributed by atoms with Gasteiger partial charge in [0.05, 0.1) is 6.10 Å². The van der Waals surface area contributed by atoms with Crippen LogP contribution >= 0.6 is 0 Å². The van der Waals surface area contributed by atoms with E-state index in [1.165, 1.54) is 0 Å². The van der Waals surface area contributed by atoms with E-state index in [-0.39, 0.29) is 12.5 Å². The Morgan fingerprint density at radius 2 is 1.50 bits per heavy atom. The van der Waals surface area contributed by atoms with Crippen molar-refractivity contribution in [1.82, 2.24) is 5.32 Å². The summed E-state index contributed by atoms with van der Waals surface area (Å²) < 4.78 is 5.62. The topological polar surface area (TPSA) is 102 Å². The van der Waals surface area contributed by atoms with Gasteiger partial charge in [-0.1, -0.05) is 72.8 Å². The third kappa shape index (κ3) is 5.60. The molecule has 6 nitrogen and oxygen atoms in total. The minimum Gasteiger partial charge on any atom is -0.456 e. The van der Waals surface area contributed by atoms with Crippen molar-refractivity contribution in [3.63, 3.8) is 0 Å². The number of carbonyl (C=O) groups excluding carboxylic acids is 2. The number of aliphatic hydroxyl groups excluding tert-OH is 1. The molecule has 0 aliphatic rings. The highest BCUT2D eigenvalue weighted by Crippen LogP contribution is 2.31. The van der Waals surface area contributed by atoms with Gasteiger partial charge in [0, 0.05) is 12.1 Å². The van der Waals surface area contributed by atoms with Crippen LogP contribution in [0.4, 0.5) is 0 Å². The average Bonchev–Trinajstić information content (AvgIpc) is 2.82. The van der Waals surface area contributed by atoms with E-state index in [0.717, 1.165) is 5.56 Å². The molecule has 0 saturated heterocycles. The lowest BCUT2D eigenvalue weighted by Crippen LogP contribution is -2.31. The molecule has 166 valence electrons. The normalized spacial score (nSPS) is 13.6. The molecule has 0 aliphatic heterocycles. The molecule has 3 aromatic carbocycles. The summed E-state index contributed by atoms with van der Waals surface area (Å²) in [6, 6.07) is 22.7. The first-order valence-electron chi connectivity index (χ1n) is 10.5. The van der Waals surface area contributed by atoms with Crippen LogP contribution in [0.5, 0.6) is 0 Å². The molecule has 0 bridgehead atoms. The summed E-state index contributed by atoms with van der Waals surface area (Å²) in [7, 11) is 0. The highest BCUT2D eigenvalue weighted by atomic mass is 16.5. The van der Waals surface area contributed by atoms with Gasteiger partial charge in [0.25, 0.3) is 5.91 Å². The van der Waals surface area contributed by atoms with Crippen molar-refractivity contribution < 1.29 is 19.4 Å². The van der Waals surface area contributed by atoms with Crippen molar-refractivity contribution in [2.75, 3.05) is 6.54 Å². The van der Waals surface area contributed by atoms with Crippen molar-refractivity contribution in [2.24, 2.45) is 5.73 Å². The monoisotopic (exact) mass is 432 g/mol. The molecule has 0 spiro atoms. The van der Waals surface area contributed by atoms with Crippen molar-refractivity contribution in [2.45, 2.75) is 32.1 Å². The molecule has 4 N–H and O–H groups in total. The zero-order valence-corrected chi connectivity index (χ0v) is 18.2. The van der Waals surface area contributed by atoms with Crippen LogP contribution in [0.1, 0.15) is 47.5 Å². The predicted molar refractivity (Wildman–Crippen MR) is 124 cm³/mol. The van der Waals surface area contributed by atoms with Crippen LogP contribution in [0, 0.1) is 0 Å². The third-order valence-electron chi connectivity index (χ3n) is 5.13. The fourth-order valence-corrected chi connectivity index (χ4v) is 3.43. The van der Waals surface area contributed by atoms with Gasteiger partial charge in [-0.25, -0.2) is 4.79 Å². The van der Waals surface area contributed by atoms with Gasteiger partial charge in [-0.05, 0) is 42.2 Å².